The van der Waals surface area contributed by atoms with Gasteiger partial charge in [-0.25, -0.2) is 18.0 Å². The lowest BCUT2D eigenvalue weighted by Gasteiger charge is -2.14. The standard InChI is InChI=1S/C17H12F5NO4/c1-8(15(24)23-12-6-5-11(18)13(19)14(12)20)26-16(25)9-3-2-4-10(7-9)27-17(21)22/h2-8,17H,1H3,(H,23,24)/t8-/m0/s1. The third-order valence-corrected chi connectivity index (χ3v) is 3.24. The molecule has 2 aromatic rings. The second kappa shape index (κ2) is 8.47. The molecular formula is C17H12F5NO4. The smallest absolute Gasteiger partial charge is 0.387 e. The number of amides is 1. The highest BCUT2D eigenvalue weighted by atomic mass is 19.3. The molecule has 1 amide bonds. The second-order valence-electron chi connectivity index (χ2n) is 5.17. The molecule has 0 radical (unpaired) electrons. The number of benzene rings is 2. The fraction of sp³-hybridized carbons (Fsp3) is 0.176. The van der Waals surface area contributed by atoms with Crippen molar-refractivity contribution in [2.75, 3.05) is 5.32 Å². The number of ether oxygens (including phenoxy) is 2. The lowest BCUT2D eigenvalue weighted by atomic mass is 10.2. The first kappa shape index (κ1) is 20.1. The molecule has 0 bridgehead atoms. The van der Waals surface area contributed by atoms with E-state index in [2.05, 4.69) is 4.74 Å². The zero-order valence-electron chi connectivity index (χ0n) is 13.6. The molecule has 10 heteroatoms. The predicted octanol–water partition coefficient (Wildman–Crippen LogP) is 3.89. The van der Waals surface area contributed by atoms with Gasteiger partial charge in [0.15, 0.2) is 23.6 Å². The molecule has 0 aromatic heterocycles. The van der Waals surface area contributed by atoms with Crippen molar-refractivity contribution in [3.63, 3.8) is 0 Å². The van der Waals surface area contributed by atoms with Gasteiger partial charge >= 0.3 is 12.6 Å². The molecule has 0 unspecified atom stereocenters. The molecule has 0 aliphatic rings. The van der Waals surface area contributed by atoms with Gasteiger partial charge in [0.2, 0.25) is 0 Å². The van der Waals surface area contributed by atoms with Gasteiger partial charge in [0.1, 0.15) is 5.75 Å². The van der Waals surface area contributed by atoms with Crippen LogP contribution in [0.2, 0.25) is 0 Å². The van der Waals surface area contributed by atoms with Crippen molar-refractivity contribution in [2.24, 2.45) is 0 Å². The van der Waals surface area contributed by atoms with E-state index in [1.54, 1.807) is 0 Å². The molecule has 0 heterocycles. The summed E-state index contributed by atoms with van der Waals surface area (Å²) >= 11 is 0. The van der Waals surface area contributed by atoms with Crippen LogP contribution in [0.4, 0.5) is 27.6 Å². The summed E-state index contributed by atoms with van der Waals surface area (Å²) in [7, 11) is 0. The van der Waals surface area contributed by atoms with Gasteiger partial charge in [-0.3, -0.25) is 4.79 Å². The average Bonchev–Trinajstić information content (AvgIpc) is 2.61. The first-order chi connectivity index (χ1) is 12.7. The highest BCUT2D eigenvalue weighted by Crippen LogP contribution is 2.20. The van der Waals surface area contributed by atoms with Crippen LogP contribution in [0, 0.1) is 17.5 Å². The first-order valence-corrected chi connectivity index (χ1v) is 7.39. The predicted molar refractivity (Wildman–Crippen MR) is 82.9 cm³/mol. The normalized spacial score (nSPS) is 11.8. The molecule has 27 heavy (non-hydrogen) atoms. The Hall–Kier alpha value is -3.17. The Morgan fingerprint density at radius 1 is 1.04 bits per heavy atom. The molecule has 1 N–H and O–H groups in total. The van der Waals surface area contributed by atoms with E-state index in [4.69, 9.17) is 4.74 Å². The van der Waals surface area contributed by atoms with Crippen LogP contribution in [0.1, 0.15) is 17.3 Å². The van der Waals surface area contributed by atoms with Gasteiger partial charge in [-0.1, -0.05) is 6.07 Å². The Kier molecular flexibility index (Phi) is 6.32. The molecule has 0 aliphatic heterocycles. The monoisotopic (exact) mass is 389 g/mol. The Morgan fingerprint density at radius 3 is 2.41 bits per heavy atom. The molecule has 5 nitrogen and oxygen atoms in total. The number of esters is 1. The van der Waals surface area contributed by atoms with Crippen molar-refractivity contribution in [1.29, 1.82) is 0 Å². The second-order valence-corrected chi connectivity index (χ2v) is 5.17. The van der Waals surface area contributed by atoms with Gasteiger partial charge in [0.25, 0.3) is 5.91 Å². The zero-order chi connectivity index (χ0) is 20.1. The highest BCUT2D eigenvalue weighted by molar-refractivity contribution is 5.97. The molecule has 0 spiro atoms. The van der Waals surface area contributed by atoms with Crippen LogP contribution in [0.5, 0.6) is 5.75 Å². The molecule has 0 saturated heterocycles. The van der Waals surface area contributed by atoms with Gasteiger partial charge in [-0.05, 0) is 37.3 Å². The third-order valence-electron chi connectivity index (χ3n) is 3.24. The summed E-state index contributed by atoms with van der Waals surface area (Å²) in [4.78, 5) is 23.9. The van der Waals surface area contributed by atoms with Crippen LogP contribution in [0.25, 0.3) is 0 Å². The van der Waals surface area contributed by atoms with E-state index in [1.807, 2.05) is 5.32 Å². The van der Waals surface area contributed by atoms with E-state index >= 15 is 0 Å². The van der Waals surface area contributed by atoms with Gasteiger partial charge in [-0.2, -0.15) is 8.78 Å². The minimum atomic E-state index is -3.09. The van der Waals surface area contributed by atoms with Crippen LogP contribution in [0.15, 0.2) is 36.4 Å². The Bertz CT molecular complexity index is 859. The van der Waals surface area contributed by atoms with Crippen molar-refractivity contribution in [1.82, 2.24) is 0 Å². The summed E-state index contributed by atoms with van der Waals surface area (Å²) in [5, 5.41) is 1.95. The van der Waals surface area contributed by atoms with Crippen molar-refractivity contribution in [2.45, 2.75) is 19.6 Å². The Balaban J connectivity index is 2.04. The van der Waals surface area contributed by atoms with Crippen LogP contribution in [0.3, 0.4) is 0 Å². The van der Waals surface area contributed by atoms with Crippen molar-refractivity contribution in [3.8, 4) is 5.75 Å². The number of rotatable bonds is 6. The van der Waals surface area contributed by atoms with Crippen LogP contribution in [-0.4, -0.2) is 24.6 Å². The summed E-state index contributed by atoms with van der Waals surface area (Å²) in [6.07, 6.45) is -1.45. The summed E-state index contributed by atoms with van der Waals surface area (Å²) in [5.41, 5.74) is -0.819. The number of nitrogens with one attached hydrogen (secondary N) is 1. The van der Waals surface area contributed by atoms with Crippen LogP contribution in [-0.2, 0) is 9.53 Å². The number of alkyl halides is 2. The number of carbonyl (C=O) groups excluding carboxylic acids is 2. The van der Waals surface area contributed by atoms with E-state index in [0.29, 0.717) is 6.07 Å². The van der Waals surface area contributed by atoms with E-state index in [0.717, 1.165) is 19.1 Å². The topological polar surface area (TPSA) is 64.6 Å². The number of hydrogen-bond acceptors (Lipinski definition) is 4. The van der Waals surface area contributed by atoms with E-state index in [-0.39, 0.29) is 11.3 Å². The molecular weight excluding hydrogens is 377 g/mol. The van der Waals surface area contributed by atoms with Gasteiger partial charge in [-0.15, -0.1) is 0 Å². The SMILES string of the molecule is C[C@H](OC(=O)c1cccc(OC(F)F)c1)C(=O)Nc1ccc(F)c(F)c1F. The van der Waals surface area contributed by atoms with Crippen molar-refractivity contribution < 1.29 is 41.0 Å². The summed E-state index contributed by atoms with van der Waals surface area (Å²) in [6.45, 7) is -1.95. The molecule has 0 saturated carbocycles. The maximum absolute atomic E-state index is 13.5. The van der Waals surface area contributed by atoms with Gasteiger partial charge in [0, 0.05) is 0 Å². The minimum Gasteiger partial charge on any atom is -0.449 e. The number of carbonyl (C=O) groups is 2. The Labute approximate surface area is 149 Å². The number of halogens is 5. The van der Waals surface area contributed by atoms with Crippen molar-refractivity contribution >= 4 is 17.6 Å². The maximum atomic E-state index is 13.5. The fourth-order valence-corrected chi connectivity index (χ4v) is 1.94. The quantitative estimate of drug-likeness (QED) is 0.463. The molecule has 1 atom stereocenters. The summed E-state index contributed by atoms with van der Waals surface area (Å²) in [5.74, 6) is -7.17. The minimum absolute atomic E-state index is 0.174. The number of hydrogen-bond donors (Lipinski definition) is 1. The highest BCUT2D eigenvalue weighted by Gasteiger charge is 2.22. The molecule has 2 rings (SSSR count). The van der Waals surface area contributed by atoms with Crippen molar-refractivity contribution in [3.05, 3.63) is 59.4 Å². The molecule has 0 aliphatic carbocycles. The van der Waals surface area contributed by atoms with Crippen LogP contribution >= 0.6 is 0 Å². The lowest BCUT2D eigenvalue weighted by Crippen LogP contribution is -2.30. The lowest BCUT2D eigenvalue weighted by molar-refractivity contribution is -0.123. The van der Waals surface area contributed by atoms with Crippen LogP contribution < -0.4 is 10.1 Å². The largest absolute Gasteiger partial charge is 0.449 e. The first-order valence-electron chi connectivity index (χ1n) is 7.39. The van der Waals surface area contributed by atoms with Gasteiger partial charge in [0.05, 0.1) is 11.3 Å². The molecule has 0 fully saturated rings. The molecule has 2 aromatic carbocycles. The molecule has 144 valence electrons. The van der Waals surface area contributed by atoms with E-state index < -0.39 is 47.7 Å². The Morgan fingerprint density at radius 2 is 1.74 bits per heavy atom. The van der Waals surface area contributed by atoms with E-state index in [9.17, 15) is 31.5 Å². The van der Waals surface area contributed by atoms with E-state index in [1.165, 1.54) is 18.2 Å². The third kappa shape index (κ3) is 5.16. The van der Waals surface area contributed by atoms with Gasteiger partial charge < -0.3 is 14.8 Å². The summed E-state index contributed by atoms with van der Waals surface area (Å²) < 4.78 is 72.9. The summed E-state index contributed by atoms with van der Waals surface area (Å²) in [6, 6.07) is 6.07. The number of anilines is 1. The fourth-order valence-electron chi connectivity index (χ4n) is 1.94. The maximum Gasteiger partial charge on any atom is 0.387 e. The average molecular weight is 389 g/mol. The zero-order valence-corrected chi connectivity index (χ0v) is 13.6.